The van der Waals surface area contributed by atoms with Crippen molar-refractivity contribution < 1.29 is 4.79 Å². The molecular weight excluding hydrogens is 280 g/mol. The molecule has 1 aromatic heterocycles. The maximum atomic E-state index is 13.0. The molecule has 0 spiro atoms. The van der Waals surface area contributed by atoms with Crippen LogP contribution in [0.25, 0.3) is 0 Å². The molecule has 21 heavy (non-hydrogen) atoms. The predicted molar refractivity (Wildman–Crippen MR) is 89.7 cm³/mol. The minimum absolute atomic E-state index is 0.0169. The number of fused-ring (bicyclic) bond motifs is 1. The molecule has 4 heteroatoms. The van der Waals surface area contributed by atoms with Gasteiger partial charge in [-0.05, 0) is 54.7 Å². The number of rotatable bonds is 6. The average Bonchev–Trinajstić information content (AvgIpc) is 2.94. The van der Waals surface area contributed by atoms with Crippen LogP contribution in [0.15, 0.2) is 11.4 Å². The SMILES string of the molecule is CCCN(CC(C)(C)CN)C(=O)C1CCCc2sccc21. The predicted octanol–water partition coefficient (Wildman–Crippen LogP) is 3.39. The van der Waals surface area contributed by atoms with Crippen LogP contribution < -0.4 is 5.73 Å². The summed E-state index contributed by atoms with van der Waals surface area (Å²) in [5.41, 5.74) is 7.12. The van der Waals surface area contributed by atoms with Gasteiger partial charge in [0.25, 0.3) is 0 Å². The highest BCUT2D eigenvalue weighted by molar-refractivity contribution is 7.10. The smallest absolute Gasteiger partial charge is 0.230 e. The zero-order valence-electron chi connectivity index (χ0n) is 13.5. The minimum Gasteiger partial charge on any atom is -0.342 e. The molecule has 0 saturated heterocycles. The Morgan fingerprint density at radius 1 is 1.52 bits per heavy atom. The van der Waals surface area contributed by atoms with E-state index in [2.05, 4.69) is 32.2 Å². The lowest BCUT2D eigenvalue weighted by atomic mass is 9.85. The van der Waals surface area contributed by atoms with Gasteiger partial charge in [0, 0.05) is 18.0 Å². The molecule has 1 unspecified atom stereocenters. The van der Waals surface area contributed by atoms with E-state index in [0.717, 1.165) is 38.8 Å². The van der Waals surface area contributed by atoms with E-state index in [-0.39, 0.29) is 11.3 Å². The van der Waals surface area contributed by atoms with Crippen LogP contribution in [0.3, 0.4) is 0 Å². The fourth-order valence-corrected chi connectivity index (χ4v) is 4.07. The number of carbonyl (C=O) groups is 1. The molecule has 0 aliphatic heterocycles. The Kier molecular flexibility index (Phi) is 5.44. The van der Waals surface area contributed by atoms with E-state index in [9.17, 15) is 4.79 Å². The summed E-state index contributed by atoms with van der Waals surface area (Å²) in [7, 11) is 0. The molecule has 0 radical (unpaired) electrons. The van der Waals surface area contributed by atoms with Gasteiger partial charge < -0.3 is 10.6 Å². The normalized spacial score (nSPS) is 18.4. The summed E-state index contributed by atoms with van der Waals surface area (Å²) in [5.74, 6) is 0.373. The van der Waals surface area contributed by atoms with Crippen molar-refractivity contribution in [3.05, 3.63) is 21.9 Å². The lowest BCUT2D eigenvalue weighted by Crippen LogP contribution is -2.44. The zero-order valence-corrected chi connectivity index (χ0v) is 14.3. The highest BCUT2D eigenvalue weighted by atomic mass is 32.1. The Morgan fingerprint density at radius 2 is 2.29 bits per heavy atom. The molecule has 118 valence electrons. The van der Waals surface area contributed by atoms with Gasteiger partial charge in [-0.2, -0.15) is 0 Å². The van der Waals surface area contributed by atoms with Gasteiger partial charge in [0.15, 0.2) is 0 Å². The van der Waals surface area contributed by atoms with E-state index in [0.29, 0.717) is 12.5 Å². The molecule has 3 nitrogen and oxygen atoms in total. The third-order valence-electron chi connectivity index (χ3n) is 4.33. The first-order valence-corrected chi connectivity index (χ1v) is 8.91. The van der Waals surface area contributed by atoms with Gasteiger partial charge in [-0.25, -0.2) is 0 Å². The molecule has 0 fully saturated rings. The Hall–Kier alpha value is -0.870. The Bertz CT molecular complexity index is 481. The van der Waals surface area contributed by atoms with Gasteiger partial charge in [-0.3, -0.25) is 4.79 Å². The summed E-state index contributed by atoms with van der Waals surface area (Å²) >= 11 is 1.80. The van der Waals surface area contributed by atoms with E-state index >= 15 is 0 Å². The molecule has 1 heterocycles. The van der Waals surface area contributed by atoms with Gasteiger partial charge in [0.05, 0.1) is 5.92 Å². The van der Waals surface area contributed by atoms with Crippen LogP contribution >= 0.6 is 11.3 Å². The Morgan fingerprint density at radius 3 is 2.95 bits per heavy atom. The van der Waals surface area contributed by atoms with Crippen LogP contribution in [0.5, 0.6) is 0 Å². The van der Waals surface area contributed by atoms with Crippen molar-refractivity contribution in [2.45, 2.75) is 52.4 Å². The maximum Gasteiger partial charge on any atom is 0.230 e. The first kappa shape index (κ1) is 16.5. The molecule has 1 atom stereocenters. The van der Waals surface area contributed by atoms with E-state index in [1.165, 1.54) is 10.4 Å². The number of hydrogen-bond donors (Lipinski definition) is 1. The average molecular weight is 308 g/mol. The number of thiophene rings is 1. The molecular formula is C17H28N2OS. The molecule has 1 aliphatic rings. The third-order valence-corrected chi connectivity index (χ3v) is 5.32. The van der Waals surface area contributed by atoms with Gasteiger partial charge in [-0.15, -0.1) is 11.3 Å². The maximum absolute atomic E-state index is 13.0. The summed E-state index contributed by atoms with van der Waals surface area (Å²) < 4.78 is 0. The monoisotopic (exact) mass is 308 g/mol. The number of amides is 1. The van der Waals surface area contributed by atoms with Gasteiger partial charge in [-0.1, -0.05) is 20.8 Å². The topological polar surface area (TPSA) is 46.3 Å². The molecule has 2 rings (SSSR count). The number of nitrogens with zero attached hydrogens (tertiary/aromatic N) is 1. The van der Waals surface area contributed by atoms with Crippen molar-refractivity contribution in [2.75, 3.05) is 19.6 Å². The zero-order chi connectivity index (χ0) is 15.5. The van der Waals surface area contributed by atoms with Crippen molar-refractivity contribution in [3.8, 4) is 0 Å². The second-order valence-electron chi connectivity index (χ2n) is 6.87. The van der Waals surface area contributed by atoms with Crippen molar-refractivity contribution in [2.24, 2.45) is 11.1 Å². The van der Waals surface area contributed by atoms with Gasteiger partial charge >= 0.3 is 0 Å². The van der Waals surface area contributed by atoms with Crippen molar-refractivity contribution in [1.82, 2.24) is 4.90 Å². The van der Waals surface area contributed by atoms with E-state index in [1.807, 2.05) is 4.90 Å². The van der Waals surface area contributed by atoms with Crippen molar-refractivity contribution >= 4 is 17.2 Å². The number of aryl methyl sites for hydroxylation is 1. The number of hydrogen-bond acceptors (Lipinski definition) is 3. The standard InChI is InChI=1S/C17H28N2OS/c1-4-9-19(12-17(2,3)11-18)16(20)14-6-5-7-15-13(14)8-10-21-15/h8,10,14H,4-7,9,11-12,18H2,1-3H3. The molecule has 1 amide bonds. The van der Waals surface area contributed by atoms with Crippen LogP contribution in [-0.4, -0.2) is 30.4 Å². The van der Waals surface area contributed by atoms with E-state index < -0.39 is 0 Å². The largest absolute Gasteiger partial charge is 0.342 e. The van der Waals surface area contributed by atoms with E-state index in [1.54, 1.807) is 11.3 Å². The molecule has 0 saturated carbocycles. The molecule has 1 aromatic rings. The van der Waals surface area contributed by atoms with Crippen molar-refractivity contribution in [1.29, 1.82) is 0 Å². The summed E-state index contributed by atoms with van der Waals surface area (Å²) in [5, 5.41) is 2.13. The Balaban J connectivity index is 2.16. The van der Waals surface area contributed by atoms with Crippen LogP contribution in [0, 0.1) is 5.41 Å². The lowest BCUT2D eigenvalue weighted by molar-refractivity contribution is -0.134. The van der Waals surface area contributed by atoms with Crippen LogP contribution in [0.4, 0.5) is 0 Å². The van der Waals surface area contributed by atoms with Crippen LogP contribution in [0.1, 0.15) is 56.4 Å². The fourth-order valence-electron chi connectivity index (χ4n) is 3.08. The third kappa shape index (κ3) is 3.86. The first-order valence-electron chi connectivity index (χ1n) is 8.03. The summed E-state index contributed by atoms with van der Waals surface area (Å²) in [6.07, 6.45) is 4.25. The fraction of sp³-hybridized carbons (Fsp3) is 0.706. The van der Waals surface area contributed by atoms with Gasteiger partial charge in [0.2, 0.25) is 5.91 Å². The van der Waals surface area contributed by atoms with Crippen LogP contribution in [-0.2, 0) is 11.2 Å². The Labute approximate surface area is 132 Å². The summed E-state index contributed by atoms with van der Waals surface area (Å²) in [6, 6.07) is 2.15. The number of carbonyl (C=O) groups excluding carboxylic acids is 1. The first-order chi connectivity index (χ1) is 9.98. The second kappa shape index (κ2) is 6.93. The van der Waals surface area contributed by atoms with Crippen molar-refractivity contribution in [3.63, 3.8) is 0 Å². The van der Waals surface area contributed by atoms with E-state index in [4.69, 9.17) is 5.73 Å². The molecule has 1 aliphatic carbocycles. The highest BCUT2D eigenvalue weighted by Gasteiger charge is 2.32. The van der Waals surface area contributed by atoms with Gasteiger partial charge in [0.1, 0.15) is 0 Å². The second-order valence-corrected chi connectivity index (χ2v) is 7.87. The summed E-state index contributed by atoms with van der Waals surface area (Å²) in [4.78, 5) is 16.5. The lowest BCUT2D eigenvalue weighted by Gasteiger charge is -2.35. The quantitative estimate of drug-likeness (QED) is 0.875. The molecule has 0 aromatic carbocycles. The summed E-state index contributed by atoms with van der Waals surface area (Å²) in [6.45, 7) is 8.60. The highest BCUT2D eigenvalue weighted by Crippen LogP contribution is 2.36. The number of nitrogens with two attached hydrogens (primary N) is 1. The molecule has 2 N–H and O–H groups in total. The van der Waals surface area contributed by atoms with Crippen LogP contribution in [0.2, 0.25) is 0 Å². The molecule has 0 bridgehead atoms. The minimum atomic E-state index is -0.0169.